The summed E-state index contributed by atoms with van der Waals surface area (Å²) in [5, 5.41) is 0. The second-order valence-corrected chi connectivity index (χ2v) is 5.24. The molecule has 0 saturated carbocycles. The summed E-state index contributed by atoms with van der Waals surface area (Å²) in [6.07, 6.45) is 2.06. The Morgan fingerprint density at radius 2 is 1.62 bits per heavy atom. The van der Waals surface area contributed by atoms with Gasteiger partial charge in [-0.15, -0.1) is 0 Å². The molecule has 1 aromatic heterocycles. The molecular weight excluding hydrogens is 266 g/mol. The van der Waals surface area contributed by atoms with Gasteiger partial charge in [-0.3, -0.25) is 0 Å². The monoisotopic (exact) mass is 289 g/mol. The van der Waals surface area contributed by atoms with E-state index in [1.807, 2.05) is 36.4 Å². The van der Waals surface area contributed by atoms with Crippen LogP contribution in [0.1, 0.15) is 17.9 Å². The first-order valence-corrected chi connectivity index (χ1v) is 7.16. The van der Waals surface area contributed by atoms with Gasteiger partial charge in [-0.25, -0.2) is 0 Å². The lowest BCUT2D eigenvalue weighted by molar-refractivity contribution is 0.264. The normalized spacial score (nSPS) is 10.9. The molecule has 0 amide bonds. The van der Waals surface area contributed by atoms with Gasteiger partial charge in [-0.05, 0) is 63.5 Å². The smallest absolute Gasteiger partial charge is 0.146 e. The van der Waals surface area contributed by atoms with Crippen molar-refractivity contribution in [2.45, 2.75) is 19.4 Å². The molecule has 1 aromatic carbocycles. The summed E-state index contributed by atoms with van der Waals surface area (Å²) in [7, 11) is 5.81. The summed E-state index contributed by atoms with van der Waals surface area (Å²) in [5.74, 6) is 3.50. The van der Waals surface area contributed by atoms with Crippen LogP contribution in [0, 0.1) is 0 Å². The van der Waals surface area contributed by atoms with Gasteiger partial charge in [0.15, 0.2) is 0 Å². The molecule has 2 aromatic rings. The number of hydrogen-bond donors (Lipinski definition) is 0. The lowest BCUT2D eigenvalue weighted by Crippen LogP contribution is -2.13. The van der Waals surface area contributed by atoms with Crippen molar-refractivity contribution in [3.8, 4) is 11.5 Å². The summed E-state index contributed by atoms with van der Waals surface area (Å²) < 4.78 is 16.6. The Balaban J connectivity index is 1.79. The lowest BCUT2D eigenvalue weighted by atomic mass is 10.2. The third kappa shape index (κ3) is 5.16. The summed E-state index contributed by atoms with van der Waals surface area (Å²) in [5.41, 5.74) is 0. The summed E-state index contributed by atoms with van der Waals surface area (Å²) >= 11 is 0. The molecule has 2 rings (SSSR count). The summed E-state index contributed by atoms with van der Waals surface area (Å²) in [4.78, 5) is 2.18. The van der Waals surface area contributed by atoms with Crippen molar-refractivity contribution in [2.75, 3.05) is 27.7 Å². The minimum atomic E-state index is 0.444. The van der Waals surface area contributed by atoms with E-state index in [0.717, 1.165) is 42.4 Å². The van der Waals surface area contributed by atoms with Gasteiger partial charge in [0.1, 0.15) is 29.6 Å². The highest BCUT2D eigenvalue weighted by molar-refractivity contribution is 5.31. The predicted molar refractivity (Wildman–Crippen MR) is 82.9 cm³/mol. The Hall–Kier alpha value is -1.94. The Kier molecular flexibility index (Phi) is 5.69. The van der Waals surface area contributed by atoms with Crippen LogP contribution < -0.4 is 9.47 Å². The third-order valence-electron chi connectivity index (χ3n) is 3.19. The van der Waals surface area contributed by atoms with Gasteiger partial charge in [0.05, 0.1) is 7.11 Å². The van der Waals surface area contributed by atoms with Crippen molar-refractivity contribution in [3.63, 3.8) is 0 Å². The lowest BCUT2D eigenvalue weighted by Gasteiger charge is -2.07. The number of rotatable bonds is 8. The second-order valence-electron chi connectivity index (χ2n) is 5.24. The Morgan fingerprint density at radius 3 is 2.29 bits per heavy atom. The second kappa shape index (κ2) is 7.74. The van der Waals surface area contributed by atoms with Gasteiger partial charge in [-0.1, -0.05) is 0 Å². The molecule has 0 unspecified atom stereocenters. The number of nitrogens with zero attached hydrogens (tertiary/aromatic N) is 1. The maximum Gasteiger partial charge on any atom is 0.146 e. The number of methoxy groups -OCH3 is 1. The van der Waals surface area contributed by atoms with E-state index in [9.17, 15) is 0 Å². The van der Waals surface area contributed by atoms with Crippen LogP contribution in [-0.4, -0.2) is 32.6 Å². The van der Waals surface area contributed by atoms with E-state index in [0.29, 0.717) is 6.61 Å². The van der Waals surface area contributed by atoms with Gasteiger partial charge in [0, 0.05) is 6.42 Å². The molecule has 0 atom stereocenters. The molecule has 21 heavy (non-hydrogen) atoms. The molecule has 0 saturated heterocycles. The molecule has 1 heterocycles. The molecule has 0 spiro atoms. The first-order valence-electron chi connectivity index (χ1n) is 7.16. The summed E-state index contributed by atoms with van der Waals surface area (Å²) in [6.45, 7) is 1.51. The van der Waals surface area contributed by atoms with Gasteiger partial charge in [0.2, 0.25) is 0 Å². The van der Waals surface area contributed by atoms with Crippen molar-refractivity contribution < 1.29 is 13.9 Å². The van der Waals surface area contributed by atoms with E-state index < -0.39 is 0 Å². The number of furan rings is 1. The largest absolute Gasteiger partial charge is 0.497 e. The molecule has 0 aliphatic rings. The van der Waals surface area contributed by atoms with Crippen LogP contribution >= 0.6 is 0 Å². The summed E-state index contributed by atoms with van der Waals surface area (Å²) in [6, 6.07) is 11.5. The average Bonchev–Trinajstić information content (AvgIpc) is 2.93. The van der Waals surface area contributed by atoms with Crippen LogP contribution in [0.25, 0.3) is 0 Å². The Morgan fingerprint density at radius 1 is 0.952 bits per heavy atom. The molecule has 0 fully saturated rings. The Labute approximate surface area is 126 Å². The standard InChI is InChI=1S/C17H23NO3/c1-18(2)12-4-5-16-10-11-17(21-16)13-20-15-8-6-14(19-3)7-9-15/h6-11H,4-5,12-13H2,1-3H3. The molecule has 0 aliphatic heterocycles. The van der Waals surface area contributed by atoms with E-state index in [1.54, 1.807) is 7.11 Å². The number of ether oxygens (including phenoxy) is 2. The van der Waals surface area contributed by atoms with Crippen molar-refractivity contribution in [1.29, 1.82) is 0 Å². The topological polar surface area (TPSA) is 34.8 Å². The molecule has 0 radical (unpaired) electrons. The van der Waals surface area contributed by atoms with Gasteiger partial charge < -0.3 is 18.8 Å². The van der Waals surface area contributed by atoms with Crippen LogP contribution in [0.3, 0.4) is 0 Å². The molecular formula is C17H23NO3. The van der Waals surface area contributed by atoms with Crippen molar-refractivity contribution >= 4 is 0 Å². The van der Waals surface area contributed by atoms with E-state index in [2.05, 4.69) is 19.0 Å². The average molecular weight is 289 g/mol. The third-order valence-corrected chi connectivity index (χ3v) is 3.19. The van der Waals surface area contributed by atoms with Crippen LogP contribution in [0.4, 0.5) is 0 Å². The van der Waals surface area contributed by atoms with Crippen molar-refractivity contribution in [2.24, 2.45) is 0 Å². The minimum Gasteiger partial charge on any atom is -0.497 e. The quantitative estimate of drug-likeness (QED) is 0.746. The zero-order valence-electron chi connectivity index (χ0n) is 13.0. The van der Waals surface area contributed by atoms with Crippen LogP contribution in [0.15, 0.2) is 40.8 Å². The zero-order chi connectivity index (χ0) is 15.1. The van der Waals surface area contributed by atoms with Crippen LogP contribution in [0.2, 0.25) is 0 Å². The van der Waals surface area contributed by atoms with E-state index in [-0.39, 0.29) is 0 Å². The van der Waals surface area contributed by atoms with Gasteiger partial charge in [-0.2, -0.15) is 0 Å². The zero-order valence-corrected chi connectivity index (χ0v) is 13.0. The van der Waals surface area contributed by atoms with Crippen molar-refractivity contribution in [3.05, 3.63) is 47.9 Å². The highest BCUT2D eigenvalue weighted by atomic mass is 16.5. The maximum absolute atomic E-state index is 5.76. The fourth-order valence-electron chi connectivity index (χ4n) is 2.03. The van der Waals surface area contributed by atoms with Crippen LogP contribution in [0.5, 0.6) is 11.5 Å². The maximum atomic E-state index is 5.76. The van der Waals surface area contributed by atoms with E-state index in [4.69, 9.17) is 13.9 Å². The van der Waals surface area contributed by atoms with Crippen molar-refractivity contribution in [1.82, 2.24) is 4.90 Å². The fraction of sp³-hybridized carbons (Fsp3) is 0.412. The SMILES string of the molecule is COc1ccc(OCc2ccc(CCCN(C)C)o2)cc1. The number of hydrogen-bond acceptors (Lipinski definition) is 4. The molecule has 4 heteroatoms. The highest BCUT2D eigenvalue weighted by Crippen LogP contribution is 2.19. The van der Waals surface area contributed by atoms with E-state index in [1.165, 1.54) is 0 Å². The molecule has 0 N–H and O–H groups in total. The minimum absolute atomic E-state index is 0.444. The van der Waals surface area contributed by atoms with Gasteiger partial charge in [0.25, 0.3) is 0 Å². The molecule has 0 aliphatic carbocycles. The van der Waals surface area contributed by atoms with Crippen LogP contribution in [-0.2, 0) is 13.0 Å². The predicted octanol–water partition coefficient (Wildman–Crippen LogP) is 3.36. The molecule has 114 valence electrons. The molecule has 4 nitrogen and oxygen atoms in total. The molecule has 0 bridgehead atoms. The fourth-order valence-corrected chi connectivity index (χ4v) is 2.03. The first-order chi connectivity index (χ1) is 10.2. The van der Waals surface area contributed by atoms with E-state index >= 15 is 0 Å². The highest BCUT2D eigenvalue weighted by Gasteiger charge is 2.04. The number of aryl methyl sites for hydroxylation is 1. The number of benzene rings is 1. The Bertz CT molecular complexity index is 531. The van der Waals surface area contributed by atoms with Gasteiger partial charge >= 0.3 is 0 Å². The first kappa shape index (κ1) is 15.4.